The average molecular weight is 362 g/mol. The third-order valence-corrected chi connectivity index (χ3v) is 4.85. The van der Waals surface area contributed by atoms with Crippen LogP contribution in [0.2, 0.25) is 0 Å². The van der Waals surface area contributed by atoms with Crippen molar-refractivity contribution in [1.29, 1.82) is 0 Å². The van der Waals surface area contributed by atoms with E-state index < -0.39 is 0 Å². The van der Waals surface area contributed by atoms with Gasteiger partial charge in [-0.25, -0.2) is 0 Å². The van der Waals surface area contributed by atoms with Gasteiger partial charge in [0.1, 0.15) is 11.9 Å². The first-order chi connectivity index (χ1) is 13.1. The van der Waals surface area contributed by atoms with Crippen molar-refractivity contribution < 1.29 is 9.47 Å². The molecule has 2 aromatic carbocycles. The highest BCUT2D eigenvalue weighted by atomic mass is 16.6. The molecule has 1 aliphatic heterocycles. The molecule has 0 bridgehead atoms. The molecule has 0 amide bonds. The van der Waals surface area contributed by atoms with Crippen LogP contribution in [-0.4, -0.2) is 21.8 Å². The molecule has 0 fully saturated rings. The SMILES string of the molecule is CCc1cn2c(nc1=O)O[C@H](C(C)Oc1ccc(-c3ccccc3)cc1)C2. The van der Waals surface area contributed by atoms with Gasteiger partial charge in [-0.1, -0.05) is 49.4 Å². The minimum atomic E-state index is -0.213. The molecule has 2 heterocycles. The number of hydrogen-bond acceptors (Lipinski definition) is 4. The van der Waals surface area contributed by atoms with E-state index in [0.717, 1.165) is 11.3 Å². The molecule has 5 nitrogen and oxygen atoms in total. The minimum absolute atomic E-state index is 0.172. The van der Waals surface area contributed by atoms with Crippen molar-refractivity contribution in [3.05, 3.63) is 76.7 Å². The zero-order valence-electron chi connectivity index (χ0n) is 15.5. The summed E-state index contributed by atoms with van der Waals surface area (Å²) < 4.78 is 13.8. The molecule has 0 saturated carbocycles. The van der Waals surface area contributed by atoms with Gasteiger partial charge in [-0.3, -0.25) is 9.36 Å². The lowest BCUT2D eigenvalue weighted by Gasteiger charge is -2.20. The van der Waals surface area contributed by atoms with Crippen molar-refractivity contribution >= 4 is 0 Å². The Bertz CT molecular complexity index is 981. The maximum absolute atomic E-state index is 11.9. The number of ether oxygens (including phenoxy) is 2. The van der Waals surface area contributed by atoms with Crippen LogP contribution in [-0.2, 0) is 13.0 Å². The average Bonchev–Trinajstić information content (AvgIpc) is 3.11. The predicted molar refractivity (Wildman–Crippen MR) is 104 cm³/mol. The van der Waals surface area contributed by atoms with E-state index in [1.54, 1.807) is 0 Å². The highest BCUT2D eigenvalue weighted by molar-refractivity contribution is 5.63. The third kappa shape index (κ3) is 3.58. The van der Waals surface area contributed by atoms with Crippen LogP contribution in [0.25, 0.3) is 11.1 Å². The number of fused-ring (bicyclic) bond motifs is 1. The Morgan fingerprint density at radius 3 is 2.56 bits per heavy atom. The highest BCUT2D eigenvalue weighted by Gasteiger charge is 2.30. The maximum atomic E-state index is 11.9. The topological polar surface area (TPSA) is 53.4 Å². The van der Waals surface area contributed by atoms with Crippen molar-refractivity contribution in [2.45, 2.75) is 39.0 Å². The van der Waals surface area contributed by atoms with Gasteiger partial charge in [0.05, 0.1) is 6.54 Å². The fourth-order valence-electron chi connectivity index (χ4n) is 3.25. The summed E-state index contributed by atoms with van der Waals surface area (Å²) in [4.78, 5) is 15.9. The standard InChI is InChI=1S/C22H22N2O3/c1-3-16-13-24-14-20(27-22(24)23-21(16)25)15(2)26-19-11-9-18(10-12-19)17-7-5-4-6-8-17/h4-13,15,20H,3,14H2,1-2H3/t15?,20-/m0/s1. The quantitative estimate of drug-likeness (QED) is 0.694. The summed E-state index contributed by atoms with van der Waals surface area (Å²) in [6, 6.07) is 18.6. The van der Waals surface area contributed by atoms with E-state index in [1.165, 1.54) is 5.56 Å². The van der Waals surface area contributed by atoms with Gasteiger partial charge in [0.15, 0.2) is 6.10 Å². The van der Waals surface area contributed by atoms with Crippen LogP contribution in [0.1, 0.15) is 19.4 Å². The smallest absolute Gasteiger partial charge is 0.300 e. The Kier molecular flexibility index (Phi) is 4.67. The van der Waals surface area contributed by atoms with Crippen LogP contribution in [0, 0.1) is 0 Å². The van der Waals surface area contributed by atoms with Gasteiger partial charge in [-0.05, 0) is 36.6 Å². The van der Waals surface area contributed by atoms with E-state index in [0.29, 0.717) is 24.5 Å². The molecular weight excluding hydrogens is 340 g/mol. The molecule has 0 spiro atoms. The van der Waals surface area contributed by atoms with Crippen molar-refractivity contribution in [2.75, 3.05) is 0 Å². The van der Waals surface area contributed by atoms with Crippen molar-refractivity contribution in [3.8, 4) is 22.9 Å². The summed E-state index contributed by atoms with van der Waals surface area (Å²) >= 11 is 0. The summed E-state index contributed by atoms with van der Waals surface area (Å²) in [6.07, 6.45) is 2.15. The largest absolute Gasteiger partial charge is 0.487 e. The first-order valence-corrected chi connectivity index (χ1v) is 9.23. The molecule has 0 radical (unpaired) electrons. The fraction of sp³-hybridized carbons (Fsp3) is 0.273. The molecule has 1 aliphatic rings. The van der Waals surface area contributed by atoms with Gasteiger partial charge in [-0.2, -0.15) is 4.98 Å². The summed E-state index contributed by atoms with van der Waals surface area (Å²) in [6.45, 7) is 4.55. The third-order valence-electron chi connectivity index (χ3n) is 4.85. The molecule has 2 atom stereocenters. The van der Waals surface area contributed by atoms with E-state index in [1.807, 2.05) is 54.9 Å². The second kappa shape index (κ2) is 7.27. The van der Waals surface area contributed by atoms with Crippen LogP contribution < -0.4 is 15.0 Å². The zero-order valence-corrected chi connectivity index (χ0v) is 15.5. The Labute approximate surface area is 158 Å². The molecule has 1 unspecified atom stereocenters. The zero-order chi connectivity index (χ0) is 18.8. The molecule has 1 aromatic heterocycles. The Hall–Kier alpha value is -3.08. The van der Waals surface area contributed by atoms with E-state index >= 15 is 0 Å². The molecule has 27 heavy (non-hydrogen) atoms. The number of nitrogens with zero attached hydrogens (tertiary/aromatic N) is 2. The van der Waals surface area contributed by atoms with Crippen LogP contribution in [0.4, 0.5) is 0 Å². The second-order valence-electron chi connectivity index (χ2n) is 6.73. The number of hydrogen-bond donors (Lipinski definition) is 0. The lowest BCUT2D eigenvalue weighted by molar-refractivity contribution is 0.0774. The highest BCUT2D eigenvalue weighted by Crippen LogP contribution is 2.25. The molecule has 0 N–H and O–H groups in total. The summed E-state index contributed by atoms with van der Waals surface area (Å²) in [5.41, 5.74) is 2.81. The first-order valence-electron chi connectivity index (χ1n) is 9.23. The molecule has 0 aliphatic carbocycles. The molecule has 0 saturated heterocycles. The summed E-state index contributed by atoms with van der Waals surface area (Å²) in [5, 5.41) is 0. The van der Waals surface area contributed by atoms with Gasteiger partial charge in [0.25, 0.3) is 11.6 Å². The molecule has 4 rings (SSSR count). The summed E-state index contributed by atoms with van der Waals surface area (Å²) in [7, 11) is 0. The first kappa shape index (κ1) is 17.3. The van der Waals surface area contributed by atoms with Crippen LogP contribution in [0.5, 0.6) is 11.8 Å². The van der Waals surface area contributed by atoms with Gasteiger partial charge < -0.3 is 9.47 Å². The maximum Gasteiger partial charge on any atom is 0.300 e. The minimum Gasteiger partial charge on any atom is -0.487 e. The van der Waals surface area contributed by atoms with E-state index in [4.69, 9.17) is 9.47 Å². The van der Waals surface area contributed by atoms with E-state index in [9.17, 15) is 4.79 Å². The van der Waals surface area contributed by atoms with E-state index in [-0.39, 0.29) is 17.8 Å². The van der Waals surface area contributed by atoms with E-state index in [2.05, 4.69) is 29.2 Å². The Morgan fingerprint density at radius 2 is 1.85 bits per heavy atom. The fourth-order valence-corrected chi connectivity index (χ4v) is 3.25. The summed E-state index contributed by atoms with van der Waals surface area (Å²) in [5.74, 6) is 0.790. The van der Waals surface area contributed by atoms with Crippen molar-refractivity contribution in [3.63, 3.8) is 0 Å². The van der Waals surface area contributed by atoms with Crippen LogP contribution in [0.3, 0.4) is 0 Å². The van der Waals surface area contributed by atoms with Gasteiger partial charge in [0.2, 0.25) is 0 Å². The normalized spacial score (nSPS) is 16.4. The molecule has 3 aromatic rings. The Morgan fingerprint density at radius 1 is 1.15 bits per heavy atom. The molecular formula is C22H22N2O3. The van der Waals surface area contributed by atoms with Gasteiger partial charge in [0, 0.05) is 11.8 Å². The van der Waals surface area contributed by atoms with Crippen molar-refractivity contribution in [1.82, 2.24) is 9.55 Å². The lowest BCUT2D eigenvalue weighted by Crippen LogP contribution is -2.33. The van der Waals surface area contributed by atoms with Crippen LogP contribution in [0.15, 0.2) is 65.6 Å². The van der Waals surface area contributed by atoms with Gasteiger partial charge in [-0.15, -0.1) is 0 Å². The molecule has 5 heteroatoms. The monoisotopic (exact) mass is 362 g/mol. The predicted octanol–water partition coefficient (Wildman–Crippen LogP) is 3.70. The second-order valence-corrected chi connectivity index (χ2v) is 6.73. The number of rotatable bonds is 5. The van der Waals surface area contributed by atoms with Gasteiger partial charge >= 0.3 is 0 Å². The molecule has 138 valence electrons. The number of aromatic nitrogens is 2. The lowest BCUT2D eigenvalue weighted by atomic mass is 10.1. The number of benzene rings is 2. The van der Waals surface area contributed by atoms with Crippen molar-refractivity contribution in [2.24, 2.45) is 0 Å². The number of aryl methyl sites for hydroxylation is 1. The Balaban J connectivity index is 1.44. The van der Waals surface area contributed by atoms with Crippen LogP contribution >= 0.6 is 0 Å².